The average Bonchev–Trinajstić information content (AvgIpc) is 2.26. The van der Waals surface area contributed by atoms with E-state index in [1.165, 1.54) is 0 Å². The van der Waals surface area contributed by atoms with Crippen LogP contribution in [-0.4, -0.2) is 61.9 Å². The molecule has 3 unspecified atom stereocenters. The number of aliphatic hydroxyl groups excluding tert-OH is 2. The summed E-state index contributed by atoms with van der Waals surface area (Å²) in [5, 5.41) is 22.0. The third kappa shape index (κ3) is 10.9. The Hall–Kier alpha value is -0.200. The first kappa shape index (κ1) is 17.8. The molecule has 0 bridgehead atoms. The number of rotatable bonds is 11. The molecule has 0 amide bonds. The summed E-state index contributed by atoms with van der Waals surface area (Å²) in [4.78, 5) is 0. The van der Waals surface area contributed by atoms with Gasteiger partial charge in [0.2, 0.25) is 0 Å². The smallest absolute Gasteiger partial charge is 0.0897 e. The third-order valence-corrected chi connectivity index (χ3v) is 2.50. The molecule has 0 aromatic rings. The fraction of sp³-hybridized carbons (Fsp3) is 1.00. The summed E-state index contributed by atoms with van der Waals surface area (Å²) < 4.78 is 10.3. The Morgan fingerprint density at radius 1 is 1.00 bits per heavy atom. The molecule has 0 fully saturated rings. The van der Waals surface area contributed by atoms with Gasteiger partial charge in [0, 0.05) is 20.2 Å². The first-order valence-corrected chi connectivity index (χ1v) is 6.63. The molecule has 5 heteroatoms. The van der Waals surface area contributed by atoms with Crippen LogP contribution in [0.15, 0.2) is 0 Å². The zero-order valence-electron chi connectivity index (χ0n) is 12.1. The molecule has 0 aliphatic heterocycles. The Balaban J connectivity index is 3.50. The maximum absolute atomic E-state index is 9.67. The molecule has 18 heavy (non-hydrogen) atoms. The fourth-order valence-corrected chi connectivity index (χ4v) is 1.73. The van der Waals surface area contributed by atoms with Gasteiger partial charge >= 0.3 is 0 Å². The van der Waals surface area contributed by atoms with E-state index in [2.05, 4.69) is 19.2 Å². The van der Waals surface area contributed by atoms with Gasteiger partial charge in [-0.15, -0.1) is 0 Å². The van der Waals surface area contributed by atoms with Crippen molar-refractivity contribution in [2.75, 3.05) is 33.4 Å². The molecule has 0 heterocycles. The molecule has 3 N–H and O–H groups in total. The summed E-state index contributed by atoms with van der Waals surface area (Å²) in [6.45, 7) is 7.75. The highest BCUT2D eigenvalue weighted by Gasteiger charge is 2.10. The monoisotopic (exact) mass is 263 g/mol. The molecule has 0 saturated heterocycles. The largest absolute Gasteiger partial charge is 0.389 e. The van der Waals surface area contributed by atoms with E-state index in [0.717, 1.165) is 6.42 Å². The first-order valence-electron chi connectivity index (χ1n) is 6.63. The lowest BCUT2D eigenvalue weighted by molar-refractivity contribution is -0.0101. The molecule has 0 saturated carbocycles. The molecular weight excluding hydrogens is 234 g/mol. The van der Waals surface area contributed by atoms with Crippen molar-refractivity contribution in [2.24, 2.45) is 5.92 Å². The van der Waals surface area contributed by atoms with Crippen LogP contribution in [0.1, 0.15) is 27.2 Å². The normalized spacial score (nSPS) is 16.8. The van der Waals surface area contributed by atoms with Crippen LogP contribution in [0.5, 0.6) is 0 Å². The molecule has 5 nitrogen and oxygen atoms in total. The molecular formula is C13H29NO4. The van der Waals surface area contributed by atoms with Gasteiger partial charge in [-0.1, -0.05) is 13.8 Å². The number of hydrogen-bond acceptors (Lipinski definition) is 5. The van der Waals surface area contributed by atoms with E-state index in [1.54, 1.807) is 7.11 Å². The summed E-state index contributed by atoms with van der Waals surface area (Å²) in [6.07, 6.45) is 0.0725. The SMILES string of the molecule is COCC(O)CNCC(O)COC(C)CC(C)C. The Bertz CT molecular complexity index is 190. The van der Waals surface area contributed by atoms with Crippen LogP contribution in [0.4, 0.5) is 0 Å². The third-order valence-electron chi connectivity index (χ3n) is 2.50. The van der Waals surface area contributed by atoms with E-state index in [9.17, 15) is 10.2 Å². The van der Waals surface area contributed by atoms with Crippen LogP contribution in [0.25, 0.3) is 0 Å². The van der Waals surface area contributed by atoms with Crippen molar-refractivity contribution in [3.63, 3.8) is 0 Å². The van der Waals surface area contributed by atoms with Crippen LogP contribution in [0.2, 0.25) is 0 Å². The number of hydrogen-bond donors (Lipinski definition) is 3. The highest BCUT2D eigenvalue weighted by atomic mass is 16.5. The van der Waals surface area contributed by atoms with Gasteiger partial charge in [-0.3, -0.25) is 0 Å². The van der Waals surface area contributed by atoms with Crippen molar-refractivity contribution in [1.82, 2.24) is 5.32 Å². The maximum Gasteiger partial charge on any atom is 0.0897 e. The van der Waals surface area contributed by atoms with E-state index >= 15 is 0 Å². The summed E-state index contributed by atoms with van der Waals surface area (Å²) in [5.41, 5.74) is 0. The van der Waals surface area contributed by atoms with E-state index in [4.69, 9.17) is 9.47 Å². The van der Waals surface area contributed by atoms with Gasteiger partial charge in [0.15, 0.2) is 0 Å². The summed E-state index contributed by atoms with van der Waals surface area (Å²) in [6, 6.07) is 0. The van der Waals surface area contributed by atoms with Gasteiger partial charge in [-0.05, 0) is 19.3 Å². The number of nitrogens with one attached hydrogen (secondary N) is 1. The summed E-state index contributed by atoms with van der Waals surface area (Å²) in [7, 11) is 1.54. The van der Waals surface area contributed by atoms with Crippen molar-refractivity contribution in [3.8, 4) is 0 Å². The highest BCUT2D eigenvalue weighted by Crippen LogP contribution is 2.07. The average molecular weight is 263 g/mol. The minimum Gasteiger partial charge on any atom is -0.389 e. The second-order valence-electron chi connectivity index (χ2n) is 5.19. The zero-order valence-corrected chi connectivity index (χ0v) is 12.1. The van der Waals surface area contributed by atoms with Crippen molar-refractivity contribution in [3.05, 3.63) is 0 Å². The number of aliphatic hydroxyl groups is 2. The van der Waals surface area contributed by atoms with Gasteiger partial charge in [0.25, 0.3) is 0 Å². The molecule has 0 aliphatic carbocycles. The van der Waals surface area contributed by atoms with Gasteiger partial charge in [0.05, 0.1) is 31.5 Å². The van der Waals surface area contributed by atoms with E-state index in [-0.39, 0.29) is 6.10 Å². The minimum atomic E-state index is -0.547. The van der Waals surface area contributed by atoms with E-state index < -0.39 is 12.2 Å². The maximum atomic E-state index is 9.67. The summed E-state index contributed by atoms with van der Waals surface area (Å²) in [5.74, 6) is 0.597. The Kier molecular flexibility index (Phi) is 10.6. The van der Waals surface area contributed by atoms with Gasteiger partial charge in [0.1, 0.15) is 0 Å². The van der Waals surface area contributed by atoms with Crippen molar-refractivity contribution >= 4 is 0 Å². The Labute approximate surface area is 110 Å². The second-order valence-corrected chi connectivity index (χ2v) is 5.19. The molecule has 0 aromatic heterocycles. The topological polar surface area (TPSA) is 71.0 Å². The lowest BCUT2D eigenvalue weighted by atomic mass is 10.1. The van der Waals surface area contributed by atoms with Crippen LogP contribution in [0.3, 0.4) is 0 Å². The highest BCUT2D eigenvalue weighted by molar-refractivity contribution is 4.64. The van der Waals surface area contributed by atoms with Crippen molar-refractivity contribution in [2.45, 2.75) is 45.5 Å². The molecule has 0 aromatic carbocycles. The molecule has 0 spiro atoms. The van der Waals surface area contributed by atoms with Crippen molar-refractivity contribution in [1.29, 1.82) is 0 Å². The Morgan fingerprint density at radius 3 is 2.06 bits per heavy atom. The lowest BCUT2D eigenvalue weighted by Crippen LogP contribution is -2.37. The molecule has 0 radical (unpaired) electrons. The van der Waals surface area contributed by atoms with Gasteiger partial charge < -0.3 is 25.0 Å². The van der Waals surface area contributed by atoms with Crippen molar-refractivity contribution < 1.29 is 19.7 Å². The predicted octanol–water partition coefficient (Wildman–Crippen LogP) is 0.395. The minimum absolute atomic E-state index is 0.165. The van der Waals surface area contributed by atoms with Crippen LogP contribution < -0.4 is 5.32 Å². The standard InChI is InChI=1S/C13H29NO4/c1-10(2)5-11(3)18-9-13(16)7-14-6-12(15)8-17-4/h10-16H,5-9H2,1-4H3. The molecule has 0 rings (SSSR count). The quantitative estimate of drug-likeness (QED) is 0.503. The lowest BCUT2D eigenvalue weighted by Gasteiger charge is -2.19. The molecule has 110 valence electrons. The zero-order chi connectivity index (χ0) is 14.0. The van der Waals surface area contributed by atoms with E-state index in [0.29, 0.717) is 32.2 Å². The fourth-order valence-electron chi connectivity index (χ4n) is 1.73. The van der Waals surface area contributed by atoms with Crippen LogP contribution >= 0.6 is 0 Å². The second kappa shape index (κ2) is 10.7. The van der Waals surface area contributed by atoms with Crippen LogP contribution in [-0.2, 0) is 9.47 Å². The molecule has 0 aliphatic rings. The number of ether oxygens (including phenoxy) is 2. The molecule has 3 atom stereocenters. The summed E-state index contributed by atoms with van der Waals surface area (Å²) >= 11 is 0. The van der Waals surface area contributed by atoms with Gasteiger partial charge in [-0.25, -0.2) is 0 Å². The van der Waals surface area contributed by atoms with Gasteiger partial charge in [-0.2, -0.15) is 0 Å². The Morgan fingerprint density at radius 2 is 1.56 bits per heavy atom. The number of methoxy groups -OCH3 is 1. The van der Waals surface area contributed by atoms with E-state index in [1.807, 2.05) is 6.92 Å². The predicted molar refractivity (Wildman–Crippen MR) is 71.6 cm³/mol. The van der Waals surface area contributed by atoms with Crippen LogP contribution in [0, 0.1) is 5.92 Å². The first-order chi connectivity index (χ1) is 8.45.